The molecule has 0 radical (unpaired) electrons. The Kier molecular flexibility index (Phi) is 3.38. The average Bonchev–Trinajstić information content (AvgIpc) is 2.17. The number of nitrogens with zero attached hydrogens (tertiary/aromatic N) is 1. The molecule has 1 rings (SSSR count). The molecule has 1 aromatic carbocycles. The lowest BCUT2D eigenvalue weighted by Crippen LogP contribution is -2.04. The zero-order valence-electron chi connectivity index (χ0n) is 7.35. The van der Waals surface area contributed by atoms with Crippen LogP contribution in [0.1, 0.15) is 11.1 Å². The molecule has 5 heteroatoms. The van der Waals surface area contributed by atoms with Crippen LogP contribution < -0.4 is 0 Å². The van der Waals surface area contributed by atoms with Crippen molar-refractivity contribution in [2.45, 2.75) is 6.18 Å². The first-order chi connectivity index (χ1) is 6.95. The molecule has 1 aromatic rings. The van der Waals surface area contributed by atoms with Crippen molar-refractivity contribution in [3.05, 3.63) is 41.5 Å². The van der Waals surface area contributed by atoms with Gasteiger partial charge in [0.1, 0.15) is 0 Å². The van der Waals surface area contributed by atoms with Gasteiger partial charge in [0.25, 0.3) is 0 Å². The second-order valence-electron chi connectivity index (χ2n) is 2.70. The van der Waals surface area contributed by atoms with Crippen molar-refractivity contribution in [2.75, 3.05) is 0 Å². The first-order valence-electron chi connectivity index (χ1n) is 3.88. The van der Waals surface area contributed by atoms with Crippen LogP contribution in [0.25, 0.3) is 5.03 Å². The molecule has 0 unspecified atom stereocenters. The molecule has 0 N–H and O–H groups in total. The van der Waals surface area contributed by atoms with E-state index >= 15 is 0 Å². The summed E-state index contributed by atoms with van der Waals surface area (Å²) in [5.41, 5.74) is -0.362. The summed E-state index contributed by atoms with van der Waals surface area (Å²) in [6.07, 6.45) is -3.30. The highest BCUT2D eigenvalue weighted by Gasteiger charge is 2.29. The van der Waals surface area contributed by atoms with Crippen LogP contribution in [0.15, 0.2) is 30.3 Å². The minimum Gasteiger partial charge on any atom is -0.193 e. The third-order valence-corrected chi connectivity index (χ3v) is 2.01. The Labute approximate surface area is 89.4 Å². The van der Waals surface area contributed by atoms with Crippen LogP contribution in [-0.4, -0.2) is 0 Å². The largest absolute Gasteiger partial charge is 0.416 e. The standard InChI is InChI=1S/C10H5ClF3N/c11-9(5-6-15)7-1-3-8(4-2-7)10(12,13)14/h1-5H/b9-5-. The monoisotopic (exact) mass is 231 g/mol. The van der Waals surface area contributed by atoms with Crippen molar-refractivity contribution in [1.82, 2.24) is 0 Å². The van der Waals surface area contributed by atoms with E-state index in [1.54, 1.807) is 6.07 Å². The third kappa shape index (κ3) is 3.00. The Hall–Kier alpha value is -1.47. The Bertz CT molecular complexity index is 412. The van der Waals surface area contributed by atoms with E-state index in [9.17, 15) is 13.2 Å². The molecule has 78 valence electrons. The molecule has 0 aliphatic heterocycles. The minimum absolute atomic E-state index is 0.117. The number of hydrogen-bond acceptors (Lipinski definition) is 1. The smallest absolute Gasteiger partial charge is 0.193 e. The van der Waals surface area contributed by atoms with E-state index in [0.29, 0.717) is 5.56 Å². The van der Waals surface area contributed by atoms with Crippen LogP contribution >= 0.6 is 11.6 Å². The summed E-state index contributed by atoms with van der Waals surface area (Å²) in [5, 5.41) is 8.41. The summed E-state index contributed by atoms with van der Waals surface area (Å²) in [6, 6.07) is 5.98. The molecule has 0 heterocycles. The Morgan fingerprint density at radius 3 is 2.20 bits per heavy atom. The summed E-state index contributed by atoms with van der Waals surface area (Å²) >= 11 is 5.63. The van der Waals surface area contributed by atoms with Gasteiger partial charge >= 0.3 is 6.18 Å². The maximum Gasteiger partial charge on any atom is 0.416 e. The fraction of sp³-hybridized carbons (Fsp3) is 0.100. The van der Waals surface area contributed by atoms with Gasteiger partial charge in [-0.3, -0.25) is 0 Å². The Morgan fingerprint density at radius 1 is 1.27 bits per heavy atom. The first kappa shape index (κ1) is 11.6. The lowest BCUT2D eigenvalue weighted by Gasteiger charge is -2.06. The fourth-order valence-electron chi connectivity index (χ4n) is 0.958. The number of benzene rings is 1. The van der Waals surface area contributed by atoms with Crippen LogP contribution in [0.3, 0.4) is 0 Å². The van der Waals surface area contributed by atoms with Crippen molar-refractivity contribution in [3.63, 3.8) is 0 Å². The second kappa shape index (κ2) is 4.37. The van der Waals surface area contributed by atoms with Gasteiger partial charge in [-0.15, -0.1) is 0 Å². The third-order valence-electron chi connectivity index (χ3n) is 1.68. The van der Waals surface area contributed by atoms with Crippen molar-refractivity contribution in [2.24, 2.45) is 0 Å². The lowest BCUT2D eigenvalue weighted by atomic mass is 10.1. The van der Waals surface area contributed by atoms with E-state index in [0.717, 1.165) is 18.2 Å². The Morgan fingerprint density at radius 2 is 1.80 bits per heavy atom. The molecule has 0 saturated heterocycles. The van der Waals surface area contributed by atoms with Crippen LogP contribution in [0.4, 0.5) is 13.2 Å². The summed E-state index contributed by atoms with van der Waals surface area (Å²) in [5.74, 6) is 0. The van der Waals surface area contributed by atoms with Gasteiger partial charge in [0, 0.05) is 6.08 Å². The topological polar surface area (TPSA) is 23.8 Å². The number of nitriles is 1. The van der Waals surface area contributed by atoms with E-state index in [1.807, 2.05) is 0 Å². The summed E-state index contributed by atoms with van der Waals surface area (Å²) in [6.45, 7) is 0. The number of alkyl halides is 3. The van der Waals surface area contributed by atoms with Crippen LogP contribution in [0.2, 0.25) is 0 Å². The predicted molar refractivity (Wildman–Crippen MR) is 50.9 cm³/mol. The summed E-state index contributed by atoms with van der Waals surface area (Å²) < 4.78 is 36.5. The van der Waals surface area contributed by atoms with Crippen molar-refractivity contribution >= 4 is 16.6 Å². The fourth-order valence-corrected chi connectivity index (χ4v) is 1.13. The van der Waals surface area contributed by atoms with Gasteiger partial charge in [-0.1, -0.05) is 23.7 Å². The van der Waals surface area contributed by atoms with Crippen LogP contribution in [0.5, 0.6) is 0 Å². The molecular formula is C10H5ClF3N. The zero-order chi connectivity index (χ0) is 11.5. The van der Waals surface area contributed by atoms with E-state index in [2.05, 4.69) is 0 Å². The molecule has 0 aromatic heterocycles. The Balaban J connectivity index is 3.02. The van der Waals surface area contributed by atoms with Gasteiger partial charge in [-0.25, -0.2) is 0 Å². The molecule has 0 bridgehead atoms. The lowest BCUT2D eigenvalue weighted by molar-refractivity contribution is -0.137. The van der Waals surface area contributed by atoms with E-state index in [4.69, 9.17) is 16.9 Å². The second-order valence-corrected chi connectivity index (χ2v) is 3.10. The van der Waals surface area contributed by atoms with Gasteiger partial charge in [-0.05, 0) is 17.7 Å². The highest BCUT2D eigenvalue weighted by molar-refractivity contribution is 6.48. The number of rotatable bonds is 1. The normalized spacial score (nSPS) is 12.3. The number of hydrogen-bond donors (Lipinski definition) is 0. The minimum atomic E-state index is -4.36. The van der Waals surface area contributed by atoms with Crippen LogP contribution in [0, 0.1) is 11.3 Å². The van der Waals surface area contributed by atoms with Gasteiger partial charge in [0.2, 0.25) is 0 Å². The van der Waals surface area contributed by atoms with E-state index in [-0.39, 0.29) is 5.03 Å². The molecule has 0 aliphatic rings. The number of halogens is 4. The maximum absolute atomic E-state index is 12.2. The summed E-state index contributed by atoms with van der Waals surface area (Å²) in [4.78, 5) is 0. The van der Waals surface area contributed by atoms with Gasteiger partial charge < -0.3 is 0 Å². The maximum atomic E-state index is 12.2. The van der Waals surface area contributed by atoms with Crippen molar-refractivity contribution < 1.29 is 13.2 Å². The van der Waals surface area contributed by atoms with Crippen molar-refractivity contribution in [3.8, 4) is 6.07 Å². The number of allylic oxidation sites excluding steroid dienone is 1. The SMILES string of the molecule is N#C/C=C(\Cl)c1ccc(C(F)(F)F)cc1. The van der Waals surface area contributed by atoms with Gasteiger partial charge in [0.05, 0.1) is 16.7 Å². The first-order valence-corrected chi connectivity index (χ1v) is 4.26. The summed E-state index contributed by atoms with van der Waals surface area (Å²) in [7, 11) is 0. The van der Waals surface area contributed by atoms with Gasteiger partial charge in [0.15, 0.2) is 0 Å². The van der Waals surface area contributed by atoms with Crippen molar-refractivity contribution in [1.29, 1.82) is 5.26 Å². The highest BCUT2D eigenvalue weighted by Crippen LogP contribution is 2.30. The zero-order valence-corrected chi connectivity index (χ0v) is 8.10. The van der Waals surface area contributed by atoms with E-state index < -0.39 is 11.7 Å². The molecule has 0 amide bonds. The average molecular weight is 232 g/mol. The highest BCUT2D eigenvalue weighted by atomic mass is 35.5. The van der Waals surface area contributed by atoms with E-state index in [1.165, 1.54) is 12.1 Å². The molecule has 0 aliphatic carbocycles. The molecule has 0 saturated carbocycles. The molecule has 15 heavy (non-hydrogen) atoms. The van der Waals surface area contributed by atoms with Crippen LogP contribution in [-0.2, 0) is 6.18 Å². The predicted octanol–water partition coefficient (Wildman–Crippen LogP) is 3.81. The van der Waals surface area contributed by atoms with Gasteiger partial charge in [-0.2, -0.15) is 18.4 Å². The molecule has 0 spiro atoms. The quantitative estimate of drug-likeness (QED) is 0.675. The molecule has 0 atom stereocenters. The molecule has 0 fully saturated rings. The molecular weight excluding hydrogens is 227 g/mol. The molecule has 1 nitrogen and oxygen atoms in total.